The zero-order valence-electron chi connectivity index (χ0n) is 17.4. The van der Waals surface area contributed by atoms with Crippen LogP contribution in [-0.2, 0) is 23.0 Å². The van der Waals surface area contributed by atoms with E-state index in [1.54, 1.807) is 12.1 Å². The number of benzene rings is 4. The molecule has 0 bridgehead atoms. The Balaban J connectivity index is 1.42. The smallest absolute Gasteiger partial charge is 0.232 e. The van der Waals surface area contributed by atoms with Crippen LogP contribution >= 0.6 is 0 Å². The van der Waals surface area contributed by atoms with Crippen molar-refractivity contribution < 1.29 is 13.2 Å². The van der Waals surface area contributed by atoms with Crippen LogP contribution in [0.3, 0.4) is 0 Å². The summed E-state index contributed by atoms with van der Waals surface area (Å²) < 4.78 is 32.0. The lowest BCUT2D eigenvalue weighted by molar-refractivity contribution is 0.321. The fraction of sp³-hybridized carbons (Fsp3) is 0.154. The van der Waals surface area contributed by atoms with E-state index in [1.807, 2.05) is 54.6 Å². The SMILES string of the molecule is CS(=O)(=O)N(Cc1cccc(OCCc2ccc3ccccc3c2)c1)c1ccccc1. The molecule has 31 heavy (non-hydrogen) atoms. The Morgan fingerprint density at radius 2 is 1.48 bits per heavy atom. The third-order valence-electron chi connectivity index (χ3n) is 5.14. The van der Waals surface area contributed by atoms with Crippen LogP contribution in [0, 0.1) is 0 Å². The molecule has 0 unspecified atom stereocenters. The van der Waals surface area contributed by atoms with Gasteiger partial charge >= 0.3 is 0 Å². The first-order valence-corrected chi connectivity index (χ1v) is 12.1. The van der Waals surface area contributed by atoms with Crippen LogP contribution in [0.4, 0.5) is 5.69 Å². The highest BCUT2D eigenvalue weighted by Gasteiger charge is 2.17. The van der Waals surface area contributed by atoms with Crippen LogP contribution in [-0.4, -0.2) is 21.3 Å². The number of fused-ring (bicyclic) bond motifs is 1. The second kappa shape index (κ2) is 9.23. The van der Waals surface area contributed by atoms with Crippen LogP contribution < -0.4 is 9.04 Å². The molecule has 0 atom stereocenters. The van der Waals surface area contributed by atoms with Gasteiger partial charge in [-0.05, 0) is 46.2 Å². The van der Waals surface area contributed by atoms with Crippen LogP contribution in [0.25, 0.3) is 10.8 Å². The summed E-state index contributed by atoms with van der Waals surface area (Å²) in [7, 11) is -3.41. The van der Waals surface area contributed by atoms with Gasteiger partial charge < -0.3 is 4.74 Å². The van der Waals surface area contributed by atoms with Crippen molar-refractivity contribution in [3.63, 3.8) is 0 Å². The Morgan fingerprint density at radius 3 is 2.26 bits per heavy atom. The van der Waals surface area contributed by atoms with E-state index in [0.717, 1.165) is 17.7 Å². The summed E-state index contributed by atoms with van der Waals surface area (Å²) in [5.41, 5.74) is 2.74. The topological polar surface area (TPSA) is 46.6 Å². The number of hydrogen-bond acceptors (Lipinski definition) is 3. The van der Waals surface area contributed by atoms with Crippen LogP contribution in [0.1, 0.15) is 11.1 Å². The van der Waals surface area contributed by atoms with E-state index in [1.165, 1.54) is 26.9 Å². The first-order chi connectivity index (χ1) is 15.0. The lowest BCUT2D eigenvalue weighted by atomic mass is 10.1. The van der Waals surface area contributed by atoms with Crippen molar-refractivity contribution in [2.45, 2.75) is 13.0 Å². The maximum Gasteiger partial charge on any atom is 0.232 e. The molecule has 0 saturated heterocycles. The summed E-state index contributed by atoms with van der Waals surface area (Å²) in [6, 6.07) is 31.5. The third-order valence-corrected chi connectivity index (χ3v) is 6.28. The van der Waals surface area contributed by atoms with Gasteiger partial charge in [0.15, 0.2) is 0 Å². The van der Waals surface area contributed by atoms with Crippen molar-refractivity contribution in [3.05, 3.63) is 108 Å². The van der Waals surface area contributed by atoms with Gasteiger partial charge in [0.1, 0.15) is 5.75 Å². The second-order valence-electron chi connectivity index (χ2n) is 7.53. The highest BCUT2D eigenvalue weighted by molar-refractivity contribution is 7.92. The molecule has 4 rings (SSSR count). The Bertz CT molecular complexity index is 1270. The van der Waals surface area contributed by atoms with Crippen LogP contribution in [0.5, 0.6) is 5.75 Å². The molecule has 4 aromatic carbocycles. The van der Waals surface area contributed by atoms with Gasteiger partial charge in [-0.3, -0.25) is 4.31 Å². The number of ether oxygens (including phenoxy) is 1. The molecule has 0 radical (unpaired) electrons. The third kappa shape index (κ3) is 5.44. The van der Waals surface area contributed by atoms with Crippen molar-refractivity contribution in [1.82, 2.24) is 0 Å². The Labute approximate surface area is 183 Å². The molecule has 0 spiro atoms. The molecule has 5 heteroatoms. The van der Waals surface area contributed by atoms with Gasteiger partial charge in [-0.1, -0.05) is 72.8 Å². The largest absolute Gasteiger partial charge is 0.493 e. The molecule has 0 aliphatic heterocycles. The predicted molar refractivity (Wildman–Crippen MR) is 127 cm³/mol. The summed E-state index contributed by atoms with van der Waals surface area (Å²) in [4.78, 5) is 0. The average Bonchev–Trinajstić information content (AvgIpc) is 2.77. The second-order valence-corrected chi connectivity index (χ2v) is 9.44. The molecule has 0 fully saturated rings. The van der Waals surface area contributed by atoms with E-state index in [-0.39, 0.29) is 6.54 Å². The number of rotatable bonds is 8. The lowest BCUT2D eigenvalue weighted by Gasteiger charge is -2.22. The van der Waals surface area contributed by atoms with E-state index in [9.17, 15) is 8.42 Å². The van der Waals surface area contributed by atoms with E-state index in [0.29, 0.717) is 12.3 Å². The lowest BCUT2D eigenvalue weighted by Crippen LogP contribution is -2.29. The highest BCUT2D eigenvalue weighted by atomic mass is 32.2. The fourth-order valence-electron chi connectivity index (χ4n) is 3.57. The Hall–Kier alpha value is -3.31. The Kier molecular flexibility index (Phi) is 6.23. The van der Waals surface area contributed by atoms with Crippen molar-refractivity contribution in [2.75, 3.05) is 17.2 Å². The van der Waals surface area contributed by atoms with Crippen LogP contribution in [0.15, 0.2) is 97.1 Å². The fourth-order valence-corrected chi connectivity index (χ4v) is 4.46. The number of nitrogens with zero attached hydrogens (tertiary/aromatic N) is 1. The van der Waals surface area contributed by atoms with E-state index >= 15 is 0 Å². The first kappa shape index (κ1) is 20.9. The normalized spacial score (nSPS) is 11.4. The molecule has 4 nitrogen and oxygen atoms in total. The van der Waals surface area contributed by atoms with E-state index < -0.39 is 10.0 Å². The molecule has 0 N–H and O–H groups in total. The molecule has 0 amide bonds. The first-order valence-electron chi connectivity index (χ1n) is 10.2. The zero-order chi connectivity index (χ0) is 21.7. The van der Waals surface area contributed by atoms with Gasteiger partial charge in [0.05, 0.1) is 25.1 Å². The van der Waals surface area contributed by atoms with Gasteiger partial charge in [0.25, 0.3) is 0 Å². The van der Waals surface area contributed by atoms with Gasteiger partial charge in [-0.25, -0.2) is 8.42 Å². The quantitative estimate of drug-likeness (QED) is 0.374. The molecule has 4 aromatic rings. The predicted octanol–water partition coefficient (Wildman–Crippen LogP) is 5.43. The molecule has 0 saturated carbocycles. The zero-order valence-corrected chi connectivity index (χ0v) is 18.3. The van der Waals surface area contributed by atoms with Gasteiger partial charge in [-0.15, -0.1) is 0 Å². The minimum absolute atomic E-state index is 0.255. The van der Waals surface area contributed by atoms with Crippen molar-refractivity contribution >= 4 is 26.5 Å². The molecule has 0 aromatic heterocycles. The average molecular weight is 432 g/mol. The van der Waals surface area contributed by atoms with Crippen molar-refractivity contribution in [3.8, 4) is 5.75 Å². The minimum atomic E-state index is -3.41. The van der Waals surface area contributed by atoms with Crippen molar-refractivity contribution in [2.24, 2.45) is 0 Å². The van der Waals surface area contributed by atoms with Crippen molar-refractivity contribution in [1.29, 1.82) is 0 Å². The maximum absolute atomic E-state index is 12.3. The van der Waals surface area contributed by atoms with E-state index in [4.69, 9.17) is 4.74 Å². The molecule has 0 aliphatic rings. The van der Waals surface area contributed by atoms with Gasteiger partial charge in [0, 0.05) is 6.42 Å². The highest BCUT2D eigenvalue weighted by Crippen LogP contribution is 2.22. The summed E-state index contributed by atoms with van der Waals surface area (Å²) in [5.74, 6) is 0.736. The minimum Gasteiger partial charge on any atom is -0.493 e. The molecular formula is C26H25NO3S. The summed E-state index contributed by atoms with van der Waals surface area (Å²) in [5, 5.41) is 2.46. The number of para-hydroxylation sites is 1. The van der Waals surface area contributed by atoms with Gasteiger partial charge in [-0.2, -0.15) is 0 Å². The summed E-state index contributed by atoms with van der Waals surface area (Å²) in [6.07, 6.45) is 2.03. The maximum atomic E-state index is 12.3. The number of hydrogen-bond donors (Lipinski definition) is 0. The number of anilines is 1. The standard InChI is InChI=1S/C26H25NO3S/c1-31(28,29)27(25-11-3-2-4-12-25)20-22-8-7-13-26(19-22)30-17-16-21-14-15-23-9-5-6-10-24(23)18-21/h2-15,18-19H,16-17,20H2,1H3. The molecule has 0 aliphatic carbocycles. The monoisotopic (exact) mass is 431 g/mol. The molecule has 0 heterocycles. The molecular weight excluding hydrogens is 406 g/mol. The van der Waals surface area contributed by atoms with Gasteiger partial charge in [0.2, 0.25) is 10.0 Å². The number of sulfonamides is 1. The van der Waals surface area contributed by atoms with E-state index in [2.05, 4.69) is 30.3 Å². The summed E-state index contributed by atoms with van der Waals surface area (Å²) >= 11 is 0. The van der Waals surface area contributed by atoms with Crippen LogP contribution in [0.2, 0.25) is 0 Å². The summed E-state index contributed by atoms with van der Waals surface area (Å²) in [6.45, 7) is 0.807. The molecule has 158 valence electrons. The Morgan fingerprint density at radius 1 is 0.742 bits per heavy atom.